The van der Waals surface area contributed by atoms with Crippen molar-refractivity contribution in [3.8, 4) is 5.75 Å². The van der Waals surface area contributed by atoms with Gasteiger partial charge in [-0.2, -0.15) is 0 Å². The van der Waals surface area contributed by atoms with Crippen LogP contribution in [0.1, 0.15) is 10.4 Å². The van der Waals surface area contributed by atoms with Crippen LogP contribution in [0.3, 0.4) is 0 Å². The highest BCUT2D eigenvalue weighted by Gasteiger charge is 2.16. The smallest absolute Gasteiger partial charge is 0.261 e. The van der Waals surface area contributed by atoms with Crippen LogP contribution in [0.15, 0.2) is 65.7 Å². The molecule has 1 heterocycles. The zero-order valence-corrected chi connectivity index (χ0v) is 18.9. The summed E-state index contributed by atoms with van der Waals surface area (Å²) in [6.45, 7) is -0.387. The van der Waals surface area contributed by atoms with Crippen molar-refractivity contribution in [3.63, 3.8) is 0 Å². The second-order valence-corrected chi connectivity index (χ2v) is 7.82. The molecule has 0 spiro atoms. The number of halogens is 3. The summed E-state index contributed by atoms with van der Waals surface area (Å²) >= 11 is 5.73. The molecule has 0 bridgehead atoms. The Morgan fingerprint density at radius 1 is 1.06 bits per heavy atom. The van der Waals surface area contributed by atoms with E-state index in [2.05, 4.69) is 15.6 Å². The van der Waals surface area contributed by atoms with Crippen LogP contribution >= 0.6 is 11.6 Å². The lowest BCUT2D eigenvalue weighted by atomic mass is 10.2. The minimum absolute atomic E-state index is 0.0455. The molecule has 8 nitrogen and oxygen atoms in total. The first-order valence-corrected chi connectivity index (χ1v) is 10.5. The summed E-state index contributed by atoms with van der Waals surface area (Å²) in [7, 11) is 1.38. The minimum Gasteiger partial charge on any atom is -0.495 e. The van der Waals surface area contributed by atoms with E-state index in [1.807, 2.05) is 0 Å². The van der Waals surface area contributed by atoms with Gasteiger partial charge >= 0.3 is 0 Å². The minimum atomic E-state index is -0.798. The Kier molecular flexibility index (Phi) is 6.74. The van der Waals surface area contributed by atoms with Gasteiger partial charge in [0.15, 0.2) is 0 Å². The Hall–Kier alpha value is -4.31. The first-order valence-electron chi connectivity index (χ1n) is 10.1. The van der Waals surface area contributed by atoms with Crippen LogP contribution in [0.25, 0.3) is 10.9 Å². The van der Waals surface area contributed by atoms with Gasteiger partial charge in [0, 0.05) is 10.7 Å². The molecule has 0 aliphatic rings. The summed E-state index contributed by atoms with van der Waals surface area (Å²) in [4.78, 5) is 41.8. The number of carbonyl (C=O) groups is 2. The molecule has 0 aliphatic heterocycles. The highest BCUT2D eigenvalue weighted by Crippen LogP contribution is 2.29. The summed E-state index contributed by atoms with van der Waals surface area (Å²) < 4.78 is 33.9. The Morgan fingerprint density at radius 2 is 1.86 bits per heavy atom. The number of hydrogen-bond acceptors (Lipinski definition) is 5. The van der Waals surface area contributed by atoms with Crippen molar-refractivity contribution in [2.45, 2.75) is 6.54 Å². The number of aromatic nitrogens is 2. The molecular formula is C24H17ClF2N4O4. The summed E-state index contributed by atoms with van der Waals surface area (Å²) in [6, 6.07) is 11.7. The number of fused-ring (bicyclic) bond motifs is 1. The van der Waals surface area contributed by atoms with E-state index in [0.29, 0.717) is 5.52 Å². The standard InChI is InChI=1S/C24H17ClF2N4O4/c1-35-21-7-4-15(10-20(21)30-23(33)16-5-2-13(25)8-18(16)27)29-22(32)11-31-12-28-19-6-3-14(26)9-17(19)24(31)34/h2-10,12H,11H2,1H3,(H,29,32)(H,30,33). The molecule has 2 amide bonds. The van der Waals surface area contributed by atoms with E-state index in [4.69, 9.17) is 16.3 Å². The van der Waals surface area contributed by atoms with Gasteiger partial charge in [0.1, 0.15) is 23.9 Å². The number of amides is 2. The number of hydrogen-bond donors (Lipinski definition) is 2. The SMILES string of the molecule is COc1ccc(NC(=O)Cn2cnc3ccc(F)cc3c2=O)cc1NC(=O)c1ccc(Cl)cc1F. The van der Waals surface area contributed by atoms with Crippen molar-refractivity contribution in [1.29, 1.82) is 0 Å². The molecule has 0 atom stereocenters. The lowest BCUT2D eigenvalue weighted by molar-refractivity contribution is -0.116. The first-order chi connectivity index (χ1) is 16.7. The van der Waals surface area contributed by atoms with Crippen LogP contribution in [-0.2, 0) is 11.3 Å². The zero-order valence-electron chi connectivity index (χ0n) is 18.1. The van der Waals surface area contributed by atoms with Crippen LogP contribution in [-0.4, -0.2) is 28.5 Å². The third-order valence-corrected chi connectivity index (χ3v) is 5.24. The summed E-state index contributed by atoms with van der Waals surface area (Å²) in [5.41, 5.74) is -0.0521. The average molecular weight is 499 g/mol. The van der Waals surface area contributed by atoms with Gasteiger partial charge < -0.3 is 15.4 Å². The summed E-state index contributed by atoms with van der Waals surface area (Å²) in [5.74, 6) is -2.45. The van der Waals surface area contributed by atoms with Crippen molar-refractivity contribution in [3.05, 3.63) is 93.5 Å². The van der Waals surface area contributed by atoms with E-state index in [-0.39, 0.29) is 39.6 Å². The maximum Gasteiger partial charge on any atom is 0.261 e. The Morgan fingerprint density at radius 3 is 2.60 bits per heavy atom. The van der Waals surface area contributed by atoms with Gasteiger partial charge in [0.2, 0.25) is 5.91 Å². The fourth-order valence-electron chi connectivity index (χ4n) is 3.35. The van der Waals surface area contributed by atoms with Crippen LogP contribution in [0.5, 0.6) is 5.75 Å². The molecule has 0 aliphatic carbocycles. The molecule has 11 heteroatoms. The van der Waals surface area contributed by atoms with Crippen molar-refractivity contribution in [1.82, 2.24) is 9.55 Å². The fraction of sp³-hybridized carbons (Fsp3) is 0.0833. The van der Waals surface area contributed by atoms with E-state index in [9.17, 15) is 23.2 Å². The number of carbonyl (C=O) groups excluding carboxylic acids is 2. The van der Waals surface area contributed by atoms with Crippen LogP contribution < -0.4 is 20.9 Å². The predicted octanol–water partition coefficient (Wildman–Crippen LogP) is 4.23. The number of nitrogens with one attached hydrogen (secondary N) is 2. The van der Waals surface area contributed by atoms with Gasteiger partial charge in [-0.3, -0.25) is 19.0 Å². The monoisotopic (exact) mass is 498 g/mol. The van der Waals surface area contributed by atoms with Crippen molar-refractivity contribution < 1.29 is 23.1 Å². The zero-order chi connectivity index (χ0) is 25.1. The molecule has 35 heavy (non-hydrogen) atoms. The lowest BCUT2D eigenvalue weighted by Gasteiger charge is -2.13. The summed E-state index contributed by atoms with van der Waals surface area (Å²) in [6.07, 6.45) is 1.20. The number of nitrogens with zero attached hydrogens (tertiary/aromatic N) is 2. The molecule has 3 aromatic carbocycles. The largest absolute Gasteiger partial charge is 0.495 e. The quantitative estimate of drug-likeness (QED) is 0.414. The van der Waals surface area contributed by atoms with Gasteiger partial charge in [0.25, 0.3) is 11.5 Å². The molecule has 0 radical (unpaired) electrons. The molecule has 0 saturated heterocycles. The lowest BCUT2D eigenvalue weighted by Crippen LogP contribution is -2.28. The molecule has 2 N–H and O–H groups in total. The summed E-state index contributed by atoms with van der Waals surface area (Å²) in [5, 5.41) is 5.33. The third-order valence-electron chi connectivity index (χ3n) is 5.01. The maximum absolute atomic E-state index is 14.1. The van der Waals surface area contributed by atoms with E-state index in [1.165, 1.54) is 55.9 Å². The second-order valence-electron chi connectivity index (χ2n) is 7.38. The van der Waals surface area contributed by atoms with Crippen molar-refractivity contribution >= 4 is 45.7 Å². The number of ether oxygens (including phenoxy) is 1. The molecule has 4 aromatic rings. The highest BCUT2D eigenvalue weighted by atomic mass is 35.5. The van der Waals surface area contributed by atoms with Crippen LogP contribution in [0, 0.1) is 11.6 Å². The van der Waals surface area contributed by atoms with Gasteiger partial charge in [0.05, 0.1) is 35.6 Å². The molecule has 4 rings (SSSR count). The van der Waals surface area contributed by atoms with E-state index >= 15 is 0 Å². The molecule has 0 fully saturated rings. The van der Waals surface area contributed by atoms with Gasteiger partial charge in [-0.25, -0.2) is 13.8 Å². The topological polar surface area (TPSA) is 102 Å². The maximum atomic E-state index is 14.1. The van der Waals surface area contributed by atoms with E-state index in [1.54, 1.807) is 0 Å². The van der Waals surface area contributed by atoms with Crippen LogP contribution in [0.2, 0.25) is 5.02 Å². The normalized spacial score (nSPS) is 10.7. The number of rotatable bonds is 6. The first kappa shape index (κ1) is 23.8. The number of benzene rings is 3. The van der Waals surface area contributed by atoms with E-state index in [0.717, 1.165) is 16.7 Å². The average Bonchev–Trinajstić information content (AvgIpc) is 2.81. The van der Waals surface area contributed by atoms with Crippen molar-refractivity contribution in [2.75, 3.05) is 17.7 Å². The molecule has 1 aromatic heterocycles. The van der Waals surface area contributed by atoms with Crippen LogP contribution in [0.4, 0.5) is 20.2 Å². The second kappa shape index (κ2) is 9.90. The number of anilines is 2. The van der Waals surface area contributed by atoms with Crippen molar-refractivity contribution in [2.24, 2.45) is 0 Å². The molecular weight excluding hydrogens is 482 g/mol. The number of methoxy groups -OCH3 is 1. The highest BCUT2D eigenvalue weighted by molar-refractivity contribution is 6.30. The van der Waals surface area contributed by atoms with E-state index < -0.39 is 29.0 Å². The molecule has 0 unspecified atom stereocenters. The fourth-order valence-corrected chi connectivity index (χ4v) is 3.50. The Labute approximate surface area is 202 Å². The third kappa shape index (κ3) is 5.28. The molecule has 0 saturated carbocycles. The molecule has 178 valence electrons. The Bertz CT molecular complexity index is 1520. The van der Waals surface area contributed by atoms with Gasteiger partial charge in [-0.05, 0) is 54.6 Å². The van der Waals surface area contributed by atoms with Gasteiger partial charge in [-0.15, -0.1) is 0 Å². The van der Waals surface area contributed by atoms with Gasteiger partial charge in [-0.1, -0.05) is 11.6 Å². The Balaban J connectivity index is 1.53. The predicted molar refractivity (Wildman–Crippen MR) is 127 cm³/mol.